The van der Waals surface area contributed by atoms with Crippen molar-refractivity contribution in [1.29, 1.82) is 0 Å². The molecule has 0 unspecified atom stereocenters. The van der Waals surface area contributed by atoms with E-state index in [4.69, 9.17) is 0 Å². The first kappa shape index (κ1) is 19.6. The maximum Gasteiger partial charge on any atom is 0.175 e. The zero-order valence-electron chi connectivity index (χ0n) is 14.6. The van der Waals surface area contributed by atoms with Crippen LogP contribution in [0, 0.1) is 0 Å². The molecule has 0 amide bonds. The molecule has 0 radical (unpaired) electrons. The Bertz CT molecular complexity index is 1280. The predicted octanol–water partition coefficient (Wildman–Crippen LogP) is 6.20. The Morgan fingerprint density at radius 2 is 1.68 bits per heavy atom. The number of rotatable bonds is 4. The Hall–Kier alpha value is -1.74. The first-order valence-electron chi connectivity index (χ1n) is 8.24. The molecule has 2 aromatic heterocycles. The first-order valence-corrected chi connectivity index (χ1v) is 12.5. The third kappa shape index (κ3) is 3.74. The lowest BCUT2D eigenvalue weighted by molar-refractivity contribution is 0.602. The maximum atomic E-state index is 11.9. The van der Waals surface area contributed by atoms with Crippen LogP contribution in [0.25, 0.3) is 26.7 Å². The molecule has 8 heteroatoms. The zero-order chi connectivity index (χ0) is 19.9. The topological polar surface area (TPSA) is 52.0 Å². The number of nitrogens with zero attached hydrogens (tertiary/aromatic N) is 2. The van der Waals surface area contributed by atoms with E-state index in [1.54, 1.807) is 35.7 Å². The lowest BCUT2D eigenvalue weighted by Crippen LogP contribution is -1.99. The van der Waals surface area contributed by atoms with Gasteiger partial charge in [0.25, 0.3) is 0 Å². The highest BCUT2D eigenvalue weighted by atomic mass is 79.9. The van der Waals surface area contributed by atoms with Crippen LogP contribution in [0.15, 0.2) is 80.7 Å². The molecule has 2 heterocycles. The molecule has 4 rings (SSSR count). The van der Waals surface area contributed by atoms with Crippen molar-refractivity contribution < 1.29 is 8.42 Å². The number of thiophene rings is 1. The Morgan fingerprint density at radius 1 is 0.929 bits per heavy atom. The summed E-state index contributed by atoms with van der Waals surface area (Å²) >= 11 is 8.79. The molecule has 0 aliphatic heterocycles. The minimum atomic E-state index is -3.25. The molecule has 4 aromatic rings. The van der Waals surface area contributed by atoms with Gasteiger partial charge in [0.2, 0.25) is 0 Å². The van der Waals surface area contributed by atoms with Gasteiger partial charge >= 0.3 is 0 Å². The van der Waals surface area contributed by atoms with Gasteiger partial charge in [-0.05, 0) is 73.8 Å². The molecule has 0 fully saturated rings. The van der Waals surface area contributed by atoms with Crippen molar-refractivity contribution in [2.24, 2.45) is 0 Å². The van der Waals surface area contributed by atoms with Crippen LogP contribution in [-0.4, -0.2) is 24.5 Å². The second-order valence-corrected chi connectivity index (χ2v) is 11.0. The van der Waals surface area contributed by atoms with Crippen LogP contribution in [0.3, 0.4) is 0 Å². The molecule has 0 aliphatic rings. The number of hydrogen-bond acceptors (Lipinski definition) is 4. The fourth-order valence-electron chi connectivity index (χ4n) is 2.86. The van der Waals surface area contributed by atoms with Gasteiger partial charge in [-0.15, -0.1) is 11.3 Å². The van der Waals surface area contributed by atoms with Gasteiger partial charge in [0.15, 0.2) is 9.84 Å². The van der Waals surface area contributed by atoms with Gasteiger partial charge in [0, 0.05) is 15.6 Å². The van der Waals surface area contributed by atoms with E-state index in [1.807, 2.05) is 47.1 Å². The number of hydrogen-bond donors (Lipinski definition) is 0. The van der Waals surface area contributed by atoms with E-state index >= 15 is 0 Å². The largest absolute Gasteiger partial charge is 0.230 e. The quantitative estimate of drug-likeness (QED) is 0.311. The molecule has 0 saturated heterocycles. The minimum Gasteiger partial charge on any atom is -0.230 e. The predicted molar refractivity (Wildman–Crippen MR) is 121 cm³/mol. The third-order valence-corrected chi connectivity index (χ3v) is 7.69. The zero-order valence-corrected chi connectivity index (χ0v) is 19.4. The lowest BCUT2D eigenvalue weighted by atomic mass is 10.2. The fraction of sp³-hybridized carbons (Fsp3) is 0.0500. The van der Waals surface area contributed by atoms with Gasteiger partial charge in [0.1, 0.15) is 0 Å². The summed E-state index contributed by atoms with van der Waals surface area (Å²) in [5.74, 6) is 0. The molecule has 0 aliphatic carbocycles. The van der Waals surface area contributed by atoms with Gasteiger partial charge < -0.3 is 0 Å². The highest BCUT2D eigenvalue weighted by Gasteiger charge is 2.17. The Kier molecular flexibility index (Phi) is 5.30. The summed E-state index contributed by atoms with van der Waals surface area (Å²) in [6.07, 6.45) is 3.00. The molecule has 2 aromatic carbocycles. The van der Waals surface area contributed by atoms with E-state index < -0.39 is 9.84 Å². The molecule has 0 spiro atoms. The summed E-state index contributed by atoms with van der Waals surface area (Å²) in [6, 6.07) is 19.0. The second kappa shape index (κ2) is 7.59. The summed E-state index contributed by atoms with van der Waals surface area (Å²) in [5.41, 5.74) is 2.77. The fourth-order valence-corrected chi connectivity index (χ4v) is 5.63. The van der Waals surface area contributed by atoms with Crippen LogP contribution in [0.4, 0.5) is 0 Å². The number of benzene rings is 2. The van der Waals surface area contributed by atoms with Crippen LogP contribution >= 0.6 is 43.2 Å². The first-order chi connectivity index (χ1) is 13.3. The third-order valence-electron chi connectivity index (χ3n) is 4.19. The number of para-hydroxylation sites is 1. The van der Waals surface area contributed by atoms with E-state index in [0.717, 1.165) is 35.6 Å². The van der Waals surface area contributed by atoms with Crippen molar-refractivity contribution >= 4 is 53.0 Å². The van der Waals surface area contributed by atoms with Gasteiger partial charge in [-0.2, -0.15) is 5.10 Å². The van der Waals surface area contributed by atoms with Crippen LogP contribution in [0.2, 0.25) is 0 Å². The van der Waals surface area contributed by atoms with Crippen molar-refractivity contribution in [2.75, 3.05) is 6.26 Å². The Balaban J connectivity index is 1.80. The number of sulfone groups is 1. The Morgan fingerprint density at radius 3 is 2.43 bits per heavy atom. The molecule has 0 bridgehead atoms. The van der Waals surface area contributed by atoms with Crippen LogP contribution in [0.5, 0.6) is 0 Å². The lowest BCUT2D eigenvalue weighted by Gasteiger charge is -2.08. The molecular weight excluding hydrogens is 524 g/mol. The smallest absolute Gasteiger partial charge is 0.175 e. The van der Waals surface area contributed by atoms with Crippen molar-refractivity contribution in [2.45, 2.75) is 4.90 Å². The summed E-state index contributed by atoms with van der Waals surface area (Å²) in [4.78, 5) is 2.34. The van der Waals surface area contributed by atoms with E-state index in [-0.39, 0.29) is 0 Å². The van der Waals surface area contributed by atoms with Crippen molar-refractivity contribution in [3.8, 4) is 26.7 Å². The van der Waals surface area contributed by atoms with Crippen LogP contribution in [-0.2, 0) is 9.84 Å². The summed E-state index contributed by atoms with van der Waals surface area (Å²) in [6.45, 7) is 0. The highest BCUT2D eigenvalue weighted by Crippen LogP contribution is 2.39. The van der Waals surface area contributed by atoms with E-state index in [0.29, 0.717) is 4.90 Å². The number of aromatic nitrogens is 2. The molecule has 142 valence electrons. The monoisotopic (exact) mass is 536 g/mol. The average molecular weight is 538 g/mol. The molecule has 28 heavy (non-hydrogen) atoms. The van der Waals surface area contributed by atoms with Gasteiger partial charge in [-0.25, -0.2) is 13.1 Å². The summed E-state index contributed by atoms with van der Waals surface area (Å²) in [5, 5.41) is 4.52. The van der Waals surface area contributed by atoms with E-state index in [1.165, 1.54) is 6.26 Å². The normalized spacial score (nSPS) is 11.7. The van der Waals surface area contributed by atoms with Crippen molar-refractivity contribution in [1.82, 2.24) is 9.78 Å². The van der Waals surface area contributed by atoms with Crippen molar-refractivity contribution in [3.05, 3.63) is 75.8 Å². The summed E-state index contributed by atoms with van der Waals surface area (Å²) in [7, 11) is -3.25. The molecule has 0 saturated carbocycles. The Labute approximate surface area is 184 Å². The van der Waals surface area contributed by atoms with E-state index in [9.17, 15) is 8.42 Å². The standard InChI is InChI=1S/C20H14Br2N2O2S2/c1-28(25,26)14-6-4-5-13(11-14)18-9-10-19(27-18)20-16(22)12-23-24(20)17-8-3-2-7-15(17)21/h2-12H,1H3. The van der Waals surface area contributed by atoms with Gasteiger partial charge in [-0.3, -0.25) is 0 Å². The molecule has 4 nitrogen and oxygen atoms in total. The second-order valence-electron chi connectivity index (χ2n) is 6.17. The summed E-state index contributed by atoms with van der Waals surface area (Å²) < 4.78 is 27.5. The van der Waals surface area contributed by atoms with Crippen LogP contribution < -0.4 is 0 Å². The average Bonchev–Trinajstić information content (AvgIpc) is 3.28. The highest BCUT2D eigenvalue weighted by molar-refractivity contribution is 9.11. The van der Waals surface area contributed by atoms with Gasteiger partial charge in [-0.1, -0.05) is 24.3 Å². The SMILES string of the molecule is CS(=O)(=O)c1cccc(-c2ccc(-c3c(Br)cnn3-c3ccccc3Br)s2)c1. The van der Waals surface area contributed by atoms with E-state index in [2.05, 4.69) is 37.0 Å². The maximum absolute atomic E-state index is 11.9. The molecule has 0 N–H and O–H groups in total. The van der Waals surface area contributed by atoms with Crippen LogP contribution in [0.1, 0.15) is 0 Å². The minimum absolute atomic E-state index is 0.319. The number of halogens is 2. The molecule has 0 atom stereocenters. The van der Waals surface area contributed by atoms with Gasteiger partial charge in [0.05, 0.1) is 31.8 Å². The molecular formula is C20H14Br2N2O2S2. The van der Waals surface area contributed by atoms with Crippen molar-refractivity contribution in [3.63, 3.8) is 0 Å².